The fourth-order valence-electron chi connectivity index (χ4n) is 1.32. The van der Waals surface area contributed by atoms with Crippen molar-refractivity contribution in [1.29, 1.82) is 0 Å². The summed E-state index contributed by atoms with van der Waals surface area (Å²) in [5, 5.41) is 0. The Bertz CT molecular complexity index is 387. The van der Waals surface area contributed by atoms with Gasteiger partial charge in [-0.25, -0.2) is 0 Å². The summed E-state index contributed by atoms with van der Waals surface area (Å²) in [6.07, 6.45) is -4.21. The normalized spacial score (nSPS) is 13.2. The van der Waals surface area contributed by atoms with Crippen LogP contribution in [-0.2, 0) is 22.1 Å². The Labute approximate surface area is 96.4 Å². The summed E-state index contributed by atoms with van der Waals surface area (Å²) in [5.74, 6) is -0.593. The first-order valence-corrected chi connectivity index (χ1v) is 4.84. The predicted molar refractivity (Wildman–Crippen MR) is 55.1 cm³/mol. The molecule has 0 spiro atoms. The monoisotopic (exact) mass is 247 g/mol. The van der Waals surface area contributed by atoms with Crippen molar-refractivity contribution in [2.24, 2.45) is 5.73 Å². The van der Waals surface area contributed by atoms with E-state index in [1.807, 2.05) is 0 Å². The van der Waals surface area contributed by atoms with Gasteiger partial charge in [-0.05, 0) is 24.1 Å². The second kappa shape index (κ2) is 5.18. The number of ether oxygens (including phenoxy) is 1. The van der Waals surface area contributed by atoms with E-state index in [2.05, 4.69) is 4.74 Å². The lowest BCUT2D eigenvalue weighted by Gasteiger charge is -2.10. The van der Waals surface area contributed by atoms with E-state index in [9.17, 15) is 18.0 Å². The summed E-state index contributed by atoms with van der Waals surface area (Å²) in [4.78, 5) is 11.0. The van der Waals surface area contributed by atoms with Gasteiger partial charge in [0, 0.05) is 0 Å². The molecule has 0 unspecified atom stereocenters. The number of carbonyl (C=O) groups is 1. The van der Waals surface area contributed by atoms with Crippen LogP contribution < -0.4 is 5.73 Å². The van der Waals surface area contributed by atoms with E-state index in [0.717, 1.165) is 12.1 Å². The van der Waals surface area contributed by atoms with E-state index in [1.165, 1.54) is 19.2 Å². The molecule has 0 saturated heterocycles. The number of benzene rings is 1. The Balaban J connectivity index is 2.72. The van der Waals surface area contributed by atoms with Crippen LogP contribution in [0.25, 0.3) is 0 Å². The molecule has 1 rings (SSSR count). The van der Waals surface area contributed by atoms with Gasteiger partial charge in [0.2, 0.25) is 0 Å². The number of carbonyl (C=O) groups excluding carboxylic acids is 1. The third kappa shape index (κ3) is 3.74. The first-order valence-electron chi connectivity index (χ1n) is 4.84. The number of esters is 1. The quantitative estimate of drug-likeness (QED) is 0.828. The maximum atomic E-state index is 12.3. The molecule has 0 amide bonds. The van der Waals surface area contributed by atoms with Crippen molar-refractivity contribution in [3.63, 3.8) is 0 Å². The van der Waals surface area contributed by atoms with Crippen molar-refractivity contribution < 1.29 is 22.7 Å². The minimum atomic E-state index is -4.36. The zero-order chi connectivity index (χ0) is 13.1. The summed E-state index contributed by atoms with van der Waals surface area (Å²) in [6, 6.07) is 3.65. The fraction of sp³-hybridized carbons (Fsp3) is 0.364. The van der Waals surface area contributed by atoms with Gasteiger partial charge in [0.25, 0.3) is 0 Å². The zero-order valence-corrected chi connectivity index (χ0v) is 9.12. The van der Waals surface area contributed by atoms with Gasteiger partial charge >= 0.3 is 12.1 Å². The molecule has 1 atom stereocenters. The van der Waals surface area contributed by atoms with Gasteiger partial charge in [0.1, 0.15) is 6.04 Å². The Morgan fingerprint density at radius 1 is 1.35 bits per heavy atom. The lowest BCUT2D eigenvalue weighted by molar-refractivity contribution is -0.142. The SMILES string of the molecule is COC(=O)[C@H](N)Cc1ccc(C(F)(F)F)cc1. The van der Waals surface area contributed by atoms with Crippen molar-refractivity contribution in [3.8, 4) is 0 Å². The number of hydrogen-bond donors (Lipinski definition) is 1. The highest BCUT2D eigenvalue weighted by molar-refractivity contribution is 5.75. The molecule has 0 aliphatic carbocycles. The summed E-state index contributed by atoms with van der Waals surface area (Å²) < 4.78 is 41.2. The van der Waals surface area contributed by atoms with Gasteiger partial charge in [-0.1, -0.05) is 12.1 Å². The number of halogens is 3. The lowest BCUT2D eigenvalue weighted by atomic mass is 10.0. The van der Waals surface area contributed by atoms with Gasteiger partial charge in [0.05, 0.1) is 12.7 Å². The van der Waals surface area contributed by atoms with Crippen molar-refractivity contribution in [2.45, 2.75) is 18.6 Å². The van der Waals surface area contributed by atoms with E-state index < -0.39 is 23.8 Å². The molecule has 0 radical (unpaired) electrons. The standard InChI is InChI=1S/C11H12F3NO2/c1-17-10(16)9(15)6-7-2-4-8(5-3-7)11(12,13)14/h2-5,9H,6,15H2,1H3/t9-/m1/s1. The highest BCUT2D eigenvalue weighted by atomic mass is 19.4. The molecule has 0 heterocycles. The molecule has 0 aromatic heterocycles. The third-order valence-electron chi connectivity index (χ3n) is 2.24. The second-order valence-corrected chi connectivity index (χ2v) is 3.53. The molecular formula is C11H12F3NO2. The molecule has 3 nitrogen and oxygen atoms in total. The number of alkyl halides is 3. The first-order chi connectivity index (χ1) is 7.84. The molecule has 0 aliphatic heterocycles. The van der Waals surface area contributed by atoms with Crippen molar-refractivity contribution >= 4 is 5.97 Å². The number of rotatable bonds is 3. The molecule has 1 aromatic carbocycles. The van der Waals surface area contributed by atoms with Gasteiger partial charge in [0.15, 0.2) is 0 Å². The molecule has 94 valence electrons. The average Bonchev–Trinajstić information content (AvgIpc) is 2.27. The average molecular weight is 247 g/mol. The van der Waals surface area contributed by atoms with Gasteiger partial charge < -0.3 is 10.5 Å². The van der Waals surface area contributed by atoms with Crippen LogP contribution >= 0.6 is 0 Å². The largest absolute Gasteiger partial charge is 0.468 e. The van der Waals surface area contributed by atoms with Crippen molar-refractivity contribution in [1.82, 2.24) is 0 Å². The molecule has 0 bridgehead atoms. The van der Waals surface area contributed by atoms with Crippen LogP contribution in [-0.4, -0.2) is 19.1 Å². The number of nitrogens with two attached hydrogens (primary N) is 1. The summed E-state index contributed by atoms with van der Waals surface area (Å²) in [6.45, 7) is 0. The van der Waals surface area contributed by atoms with Crippen LogP contribution in [0.15, 0.2) is 24.3 Å². The Kier molecular flexibility index (Phi) is 4.11. The van der Waals surface area contributed by atoms with Crippen LogP contribution in [0, 0.1) is 0 Å². The van der Waals surface area contributed by atoms with Crippen LogP contribution in [0.3, 0.4) is 0 Å². The Hall–Kier alpha value is -1.56. The Morgan fingerprint density at radius 2 is 1.88 bits per heavy atom. The molecule has 17 heavy (non-hydrogen) atoms. The van der Waals surface area contributed by atoms with Crippen molar-refractivity contribution in [3.05, 3.63) is 35.4 Å². The smallest absolute Gasteiger partial charge is 0.416 e. The van der Waals surface area contributed by atoms with E-state index in [4.69, 9.17) is 5.73 Å². The van der Waals surface area contributed by atoms with Crippen LogP contribution in [0.5, 0.6) is 0 Å². The summed E-state index contributed by atoms with van der Waals surface area (Å²) in [5.41, 5.74) is 5.31. The number of methoxy groups -OCH3 is 1. The van der Waals surface area contributed by atoms with Crippen molar-refractivity contribution in [2.75, 3.05) is 7.11 Å². The molecule has 0 fully saturated rings. The first kappa shape index (κ1) is 13.5. The van der Waals surface area contributed by atoms with Gasteiger partial charge in [-0.15, -0.1) is 0 Å². The maximum absolute atomic E-state index is 12.3. The molecule has 0 saturated carbocycles. The molecule has 6 heteroatoms. The predicted octanol–water partition coefficient (Wildman–Crippen LogP) is 1.75. The van der Waals surface area contributed by atoms with Crippen LogP contribution in [0.1, 0.15) is 11.1 Å². The third-order valence-corrected chi connectivity index (χ3v) is 2.24. The minimum Gasteiger partial charge on any atom is -0.468 e. The van der Waals surface area contributed by atoms with Gasteiger partial charge in [-0.2, -0.15) is 13.2 Å². The molecule has 2 N–H and O–H groups in total. The van der Waals surface area contributed by atoms with Crippen LogP contribution in [0.4, 0.5) is 13.2 Å². The number of hydrogen-bond acceptors (Lipinski definition) is 3. The molecular weight excluding hydrogens is 235 g/mol. The van der Waals surface area contributed by atoms with E-state index in [0.29, 0.717) is 5.56 Å². The molecule has 1 aromatic rings. The summed E-state index contributed by atoms with van der Waals surface area (Å²) >= 11 is 0. The maximum Gasteiger partial charge on any atom is 0.416 e. The highest BCUT2D eigenvalue weighted by Gasteiger charge is 2.30. The van der Waals surface area contributed by atoms with Crippen LogP contribution in [0.2, 0.25) is 0 Å². The Morgan fingerprint density at radius 3 is 2.29 bits per heavy atom. The van der Waals surface area contributed by atoms with Gasteiger partial charge in [-0.3, -0.25) is 4.79 Å². The highest BCUT2D eigenvalue weighted by Crippen LogP contribution is 2.29. The van der Waals surface area contributed by atoms with E-state index >= 15 is 0 Å². The second-order valence-electron chi connectivity index (χ2n) is 3.53. The zero-order valence-electron chi connectivity index (χ0n) is 9.12. The summed E-state index contributed by atoms with van der Waals surface area (Å²) in [7, 11) is 1.20. The van der Waals surface area contributed by atoms with E-state index in [-0.39, 0.29) is 6.42 Å². The molecule has 0 aliphatic rings. The topological polar surface area (TPSA) is 52.3 Å². The lowest BCUT2D eigenvalue weighted by Crippen LogP contribution is -2.33. The fourth-order valence-corrected chi connectivity index (χ4v) is 1.32. The van der Waals surface area contributed by atoms with E-state index in [1.54, 1.807) is 0 Å². The minimum absolute atomic E-state index is 0.144.